The summed E-state index contributed by atoms with van der Waals surface area (Å²) in [6.45, 7) is 0.225. The second-order valence-corrected chi connectivity index (χ2v) is 3.24. The van der Waals surface area contributed by atoms with E-state index in [1.54, 1.807) is 12.1 Å². The van der Waals surface area contributed by atoms with Crippen molar-refractivity contribution in [1.82, 2.24) is 0 Å². The Balaban J connectivity index is 2.69. The van der Waals surface area contributed by atoms with Gasteiger partial charge in [-0.1, -0.05) is 12.1 Å². The van der Waals surface area contributed by atoms with Gasteiger partial charge in [0.2, 0.25) is 0 Å². The molecule has 0 heterocycles. The van der Waals surface area contributed by atoms with Gasteiger partial charge in [-0.25, -0.2) is 0 Å². The molecule has 0 spiro atoms. The van der Waals surface area contributed by atoms with Gasteiger partial charge in [0.05, 0.1) is 17.6 Å². The van der Waals surface area contributed by atoms with E-state index < -0.39 is 11.0 Å². The Kier molecular flexibility index (Phi) is 4.20. The predicted octanol–water partition coefficient (Wildman–Crippen LogP) is 1.14. The van der Waals surface area contributed by atoms with Crippen LogP contribution in [0.1, 0.15) is 5.56 Å². The number of nitro benzene ring substituents is 1. The molecule has 5 heteroatoms. The van der Waals surface area contributed by atoms with Crippen LogP contribution in [0.5, 0.6) is 0 Å². The molecule has 0 saturated heterocycles. The molecule has 0 aromatic heterocycles. The van der Waals surface area contributed by atoms with Gasteiger partial charge < -0.3 is 9.84 Å². The third-order valence-corrected chi connectivity index (χ3v) is 1.95. The van der Waals surface area contributed by atoms with Crippen LogP contribution in [0.3, 0.4) is 0 Å². The summed E-state index contributed by atoms with van der Waals surface area (Å²) >= 11 is 0. The molecule has 1 aromatic rings. The molecule has 1 N–H and O–H groups in total. The van der Waals surface area contributed by atoms with Gasteiger partial charge in [0.25, 0.3) is 5.69 Å². The highest BCUT2D eigenvalue weighted by atomic mass is 16.6. The molecule has 0 aliphatic carbocycles. The fraction of sp³-hybridized carbons (Fsp3) is 0.400. The zero-order chi connectivity index (χ0) is 11.3. The molecule has 1 atom stereocenters. The standard InChI is InChI=1S/C10H13NO4/c1-15-7-10(12)6-8-3-2-4-9(5-8)11(13)14/h2-5,10,12H,6-7H2,1H3. The second-order valence-electron chi connectivity index (χ2n) is 3.24. The topological polar surface area (TPSA) is 72.6 Å². The minimum absolute atomic E-state index is 0.0390. The van der Waals surface area contributed by atoms with E-state index in [1.807, 2.05) is 0 Å². The zero-order valence-corrected chi connectivity index (χ0v) is 8.42. The van der Waals surface area contributed by atoms with Crippen LogP contribution in [0, 0.1) is 10.1 Å². The zero-order valence-electron chi connectivity index (χ0n) is 8.42. The van der Waals surface area contributed by atoms with Crippen molar-refractivity contribution in [3.05, 3.63) is 39.9 Å². The molecule has 82 valence electrons. The fourth-order valence-electron chi connectivity index (χ4n) is 1.32. The minimum atomic E-state index is -0.628. The van der Waals surface area contributed by atoms with Crippen LogP contribution in [0.2, 0.25) is 0 Å². The van der Waals surface area contributed by atoms with Crippen molar-refractivity contribution in [3.8, 4) is 0 Å². The summed E-state index contributed by atoms with van der Waals surface area (Å²) in [5.74, 6) is 0. The highest BCUT2D eigenvalue weighted by molar-refractivity contribution is 5.34. The molecule has 1 unspecified atom stereocenters. The van der Waals surface area contributed by atoms with Gasteiger partial charge in [-0.15, -0.1) is 0 Å². The van der Waals surface area contributed by atoms with E-state index in [9.17, 15) is 15.2 Å². The molecule has 0 fully saturated rings. The maximum Gasteiger partial charge on any atom is 0.269 e. The van der Waals surface area contributed by atoms with Crippen molar-refractivity contribution in [3.63, 3.8) is 0 Å². The van der Waals surface area contributed by atoms with Crippen molar-refractivity contribution in [2.24, 2.45) is 0 Å². The van der Waals surface area contributed by atoms with E-state index in [1.165, 1.54) is 19.2 Å². The normalized spacial score (nSPS) is 12.4. The lowest BCUT2D eigenvalue weighted by atomic mass is 10.1. The SMILES string of the molecule is COCC(O)Cc1cccc([N+](=O)[O-])c1. The Morgan fingerprint density at radius 1 is 1.60 bits per heavy atom. The molecular formula is C10H13NO4. The van der Waals surface area contributed by atoms with Crippen LogP contribution < -0.4 is 0 Å². The fourth-order valence-corrected chi connectivity index (χ4v) is 1.32. The number of hydrogen-bond donors (Lipinski definition) is 1. The number of benzene rings is 1. The van der Waals surface area contributed by atoms with Gasteiger partial charge in [0.15, 0.2) is 0 Å². The van der Waals surface area contributed by atoms with E-state index in [2.05, 4.69) is 0 Å². The Bertz CT molecular complexity index is 340. The molecule has 0 radical (unpaired) electrons. The molecular weight excluding hydrogens is 198 g/mol. The van der Waals surface area contributed by atoms with Gasteiger partial charge >= 0.3 is 0 Å². The van der Waals surface area contributed by atoms with Crippen LogP contribution >= 0.6 is 0 Å². The van der Waals surface area contributed by atoms with E-state index in [0.717, 1.165) is 5.56 Å². The quantitative estimate of drug-likeness (QED) is 0.585. The van der Waals surface area contributed by atoms with E-state index in [-0.39, 0.29) is 12.3 Å². The molecule has 0 saturated carbocycles. The van der Waals surface area contributed by atoms with Crippen LogP contribution in [-0.2, 0) is 11.2 Å². The number of hydrogen-bond acceptors (Lipinski definition) is 4. The van der Waals surface area contributed by atoms with Gasteiger partial charge in [-0.2, -0.15) is 0 Å². The Morgan fingerprint density at radius 2 is 2.33 bits per heavy atom. The Labute approximate surface area is 87.5 Å². The number of ether oxygens (including phenoxy) is 1. The van der Waals surface area contributed by atoms with Crippen molar-refractivity contribution in [2.45, 2.75) is 12.5 Å². The number of methoxy groups -OCH3 is 1. The van der Waals surface area contributed by atoms with Gasteiger partial charge in [-0.3, -0.25) is 10.1 Å². The number of aliphatic hydroxyl groups excluding tert-OH is 1. The highest BCUT2D eigenvalue weighted by Crippen LogP contribution is 2.14. The van der Waals surface area contributed by atoms with Crippen LogP contribution in [-0.4, -0.2) is 29.9 Å². The summed E-state index contributed by atoms with van der Waals surface area (Å²) < 4.78 is 4.77. The first kappa shape index (κ1) is 11.6. The lowest BCUT2D eigenvalue weighted by Gasteiger charge is -2.08. The average molecular weight is 211 g/mol. The summed E-state index contributed by atoms with van der Waals surface area (Å²) in [5, 5.41) is 19.9. The molecule has 15 heavy (non-hydrogen) atoms. The third-order valence-electron chi connectivity index (χ3n) is 1.95. The van der Waals surface area contributed by atoms with Crippen molar-refractivity contribution < 1.29 is 14.8 Å². The molecule has 0 bridgehead atoms. The maximum absolute atomic E-state index is 10.5. The molecule has 1 rings (SSSR count). The number of nitrogens with zero attached hydrogens (tertiary/aromatic N) is 1. The molecule has 5 nitrogen and oxygen atoms in total. The van der Waals surface area contributed by atoms with Gasteiger partial charge in [-0.05, 0) is 5.56 Å². The van der Waals surface area contributed by atoms with Crippen LogP contribution in [0.4, 0.5) is 5.69 Å². The second kappa shape index (κ2) is 5.43. The van der Waals surface area contributed by atoms with Gasteiger partial charge in [0.1, 0.15) is 0 Å². The van der Waals surface area contributed by atoms with E-state index >= 15 is 0 Å². The first-order chi connectivity index (χ1) is 7.13. The van der Waals surface area contributed by atoms with Crippen molar-refractivity contribution >= 4 is 5.69 Å². The van der Waals surface area contributed by atoms with E-state index in [4.69, 9.17) is 4.74 Å². The molecule has 0 aliphatic heterocycles. The van der Waals surface area contributed by atoms with Crippen LogP contribution in [0.25, 0.3) is 0 Å². The number of aliphatic hydroxyl groups is 1. The highest BCUT2D eigenvalue weighted by Gasteiger charge is 2.09. The monoisotopic (exact) mass is 211 g/mol. The molecule has 1 aromatic carbocycles. The Morgan fingerprint density at radius 3 is 2.93 bits per heavy atom. The van der Waals surface area contributed by atoms with Gasteiger partial charge in [0, 0.05) is 25.7 Å². The van der Waals surface area contributed by atoms with Crippen molar-refractivity contribution in [1.29, 1.82) is 0 Å². The lowest BCUT2D eigenvalue weighted by molar-refractivity contribution is -0.384. The first-order valence-corrected chi connectivity index (χ1v) is 4.54. The molecule has 0 amide bonds. The number of rotatable bonds is 5. The third kappa shape index (κ3) is 3.65. The number of non-ortho nitro benzene ring substituents is 1. The van der Waals surface area contributed by atoms with Crippen molar-refractivity contribution in [2.75, 3.05) is 13.7 Å². The summed E-state index contributed by atoms with van der Waals surface area (Å²) in [6, 6.07) is 6.23. The smallest absolute Gasteiger partial charge is 0.269 e. The summed E-state index contributed by atoms with van der Waals surface area (Å²) in [5.41, 5.74) is 0.769. The largest absolute Gasteiger partial charge is 0.390 e. The predicted molar refractivity (Wildman–Crippen MR) is 54.7 cm³/mol. The van der Waals surface area contributed by atoms with E-state index in [0.29, 0.717) is 6.42 Å². The Hall–Kier alpha value is -1.46. The molecule has 0 aliphatic rings. The lowest BCUT2D eigenvalue weighted by Crippen LogP contribution is -2.16. The summed E-state index contributed by atoms with van der Waals surface area (Å²) in [4.78, 5) is 10.0. The maximum atomic E-state index is 10.5. The number of nitro groups is 1. The first-order valence-electron chi connectivity index (χ1n) is 4.54. The average Bonchev–Trinajstić information content (AvgIpc) is 2.18. The minimum Gasteiger partial charge on any atom is -0.390 e. The van der Waals surface area contributed by atoms with Crippen LogP contribution in [0.15, 0.2) is 24.3 Å². The summed E-state index contributed by atoms with van der Waals surface area (Å²) in [7, 11) is 1.50. The summed E-state index contributed by atoms with van der Waals surface area (Å²) in [6.07, 6.45) is -0.271.